The Morgan fingerprint density at radius 3 is 2.68 bits per heavy atom. The van der Waals surface area contributed by atoms with Crippen molar-refractivity contribution >= 4 is 30.2 Å². The Bertz CT molecular complexity index is 466. The Kier molecular flexibility index (Phi) is 5.59. The first-order chi connectivity index (χ1) is 9.08. The first-order valence-corrected chi connectivity index (χ1v) is 5.89. The standard InChI is InChI=1S/C12H16N4O3/c1-3-13-7-9(14-4-2)12(19)15-8-5-6-10(17)16-11(8)18/h3-4,7-8H,5-6H2,1-2H3,(H,15,19)(H,16,17,18)/b9-7-,13-3?,14-4?. The first kappa shape index (κ1) is 14.7. The summed E-state index contributed by atoms with van der Waals surface area (Å²) in [5.41, 5.74) is 0.102. The molecule has 7 heteroatoms. The number of aliphatic imine (C=N–C) groups is 2. The third-order valence-electron chi connectivity index (χ3n) is 2.39. The van der Waals surface area contributed by atoms with E-state index in [1.807, 2.05) is 0 Å². The van der Waals surface area contributed by atoms with Crippen molar-refractivity contribution in [1.29, 1.82) is 0 Å². The topological polar surface area (TPSA) is 100.0 Å². The molecule has 0 bridgehead atoms. The Morgan fingerprint density at radius 2 is 2.11 bits per heavy atom. The maximum Gasteiger partial charge on any atom is 0.272 e. The first-order valence-electron chi connectivity index (χ1n) is 5.89. The van der Waals surface area contributed by atoms with Crippen molar-refractivity contribution in [2.24, 2.45) is 9.98 Å². The van der Waals surface area contributed by atoms with Crippen molar-refractivity contribution in [3.05, 3.63) is 11.9 Å². The molecule has 102 valence electrons. The second kappa shape index (κ2) is 7.20. The van der Waals surface area contributed by atoms with Gasteiger partial charge < -0.3 is 5.32 Å². The normalized spacial score (nSPS) is 20.9. The molecule has 0 aromatic carbocycles. The largest absolute Gasteiger partial charge is 0.339 e. The fourth-order valence-electron chi connectivity index (χ4n) is 1.50. The lowest BCUT2D eigenvalue weighted by Gasteiger charge is -2.21. The quantitative estimate of drug-likeness (QED) is 0.422. The van der Waals surface area contributed by atoms with Crippen LogP contribution in [0.5, 0.6) is 0 Å². The highest BCUT2D eigenvalue weighted by Gasteiger charge is 2.28. The molecule has 0 spiro atoms. The molecule has 19 heavy (non-hydrogen) atoms. The van der Waals surface area contributed by atoms with Crippen LogP contribution in [0.1, 0.15) is 26.7 Å². The van der Waals surface area contributed by atoms with E-state index in [9.17, 15) is 14.4 Å². The van der Waals surface area contributed by atoms with Gasteiger partial charge in [-0.25, -0.2) is 0 Å². The van der Waals surface area contributed by atoms with E-state index in [1.165, 1.54) is 18.6 Å². The zero-order valence-electron chi connectivity index (χ0n) is 10.8. The summed E-state index contributed by atoms with van der Waals surface area (Å²) in [5.74, 6) is -1.32. The maximum absolute atomic E-state index is 11.9. The van der Waals surface area contributed by atoms with Gasteiger partial charge in [0.15, 0.2) is 0 Å². The molecule has 7 nitrogen and oxygen atoms in total. The minimum absolute atomic E-state index is 0.102. The summed E-state index contributed by atoms with van der Waals surface area (Å²) in [4.78, 5) is 42.1. The third-order valence-corrected chi connectivity index (χ3v) is 2.39. The van der Waals surface area contributed by atoms with E-state index in [1.54, 1.807) is 13.8 Å². The average molecular weight is 264 g/mol. The highest BCUT2D eigenvalue weighted by Crippen LogP contribution is 2.06. The molecule has 1 fully saturated rings. The van der Waals surface area contributed by atoms with E-state index in [0.29, 0.717) is 0 Å². The summed E-state index contributed by atoms with van der Waals surface area (Å²) >= 11 is 0. The van der Waals surface area contributed by atoms with Gasteiger partial charge in [0, 0.05) is 18.9 Å². The third kappa shape index (κ3) is 4.46. The van der Waals surface area contributed by atoms with Crippen molar-refractivity contribution < 1.29 is 14.4 Å². The second-order valence-corrected chi connectivity index (χ2v) is 3.79. The van der Waals surface area contributed by atoms with Crippen molar-refractivity contribution in [3.63, 3.8) is 0 Å². The number of hydrogen-bond acceptors (Lipinski definition) is 5. The lowest BCUT2D eigenvalue weighted by atomic mass is 10.1. The van der Waals surface area contributed by atoms with Crippen LogP contribution in [-0.2, 0) is 14.4 Å². The molecule has 0 radical (unpaired) electrons. The van der Waals surface area contributed by atoms with E-state index in [2.05, 4.69) is 20.6 Å². The SMILES string of the molecule is CC=N/C=C(\N=CC)C(=O)NC1CCC(=O)NC1=O. The zero-order chi connectivity index (χ0) is 14.3. The smallest absolute Gasteiger partial charge is 0.272 e. The molecular formula is C12H16N4O3. The fraction of sp³-hybridized carbons (Fsp3) is 0.417. The Hall–Kier alpha value is -2.31. The van der Waals surface area contributed by atoms with Gasteiger partial charge in [-0.2, -0.15) is 0 Å². The van der Waals surface area contributed by atoms with Crippen LogP contribution in [0.15, 0.2) is 21.9 Å². The van der Waals surface area contributed by atoms with Crippen LogP contribution in [0.3, 0.4) is 0 Å². The van der Waals surface area contributed by atoms with Gasteiger partial charge in [-0.1, -0.05) is 0 Å². The number of amides is 3. The molecule has 0 aromatic heterocycles. The summed E-state index contributed by atoms with van der Waals surface area (Å²) in [6, 6.07) is -0.716. The molecule has 1 saturated heterocycles. The van der Waals surface area contributed by atoms with E-state index < -0.39 is 17.9 Å². The lowest BCUT2D eigenvalue weighted by Crippen LogP contribution is -2.52. The van der Waals surface area contributed by atoms with Crippen LogP contribution < -0.4 is 10.6 Å². The number of hydrogen-bond donors (Lipinski definition) is 2. The number of imide groups is 1. The predicted octanol–water partition coefficient (Wildman–Crippen LogP) is -0.0694. The summed E-state index contributed by atoms with van der Waals surface area (Å²) < 4.78 is 0. The van der Waals surface area contributed by atoms with Crippen molar-refractivity contribution in [3.8, 4) is 0 Å². The van der Waals surface area contributed by atoms with Crippen molar-refractivity contribution in [2.45, 2.75) is 32.7 Å². The summed E-state index contributed by atoms with van der Waals surface area (Å²) in [5, 5.41) is 4.69. The van der Waals surface area contributed by atoms with E-state index >= 15 is 0 Å². The molecule has 1 aliphatic rings. The molecule has 1 unspecified atom stereocenters. The van der Waals surface area contributed by atoms with E-state index in [4.69, 9.17) is 0 Å². The van der Waals surface area contributed by atoms with Gasteiger partial charge >= 0.3 is 0 Å². The van der Waals surface area contributed by atoms with Crippen LogP contribution in [0.2, 0.25) is 0 Å². The number of nitrogens with one attached hydrogen (secondary N) is 2. The van der Waals surface area contributed by atoms with Crippen molar-refractivity contribution in [2.75, 3.05) is 0 Å². The molecule has 0 saturated carbocycles. The average Bonchev–Trinajstić information content (AvgIpc) is 2.37. The van der Waals surface area contributed by atoms with Crippen LogP contribution in [-0.4, -0.2) is 36.2 Å². The molecule has 1 rings (SSSR count). The molecule has 1 atom stereocenters. The van der Waals surface area contributed by atoms with Gasteiger partial charge in [0.1, 0.15) is 11.7 Å². The highest BCUT2D eigenvalue weighted by atomic mass is 16.2. The number of piperidine rings is 1. The Balaban J connectivity index is 2.71. The molecular weight excluding hydrogens is 248 g/mol. The van der Waals surface area contributed by atoms with Crippen LogP contribution in [0.25, 0.3) is 0 Å². The van der Waals surface area contributed by atoms with Crippen LogP contribution in [0, 0.1) is 0 Å². The molecule has 0 aromatic rings. The second-order valence-electron chi connectivity index (χ2n) is 3.79. The zero-order valence-corrected chi connectivity index (χ0v) is 10.8. The predicted molar refractivity (Wildman–Crippen MR) is 70.7 cm³/mol. The van der Waals surface area contributed by atoms with Crippen LogP contribution >= 0.6 is 0 Å². The van der Waals surface area contributed by atoms with Gasteiger partial charge in [-0.05, 0) is 20.3 Å². The number of carbonyl (C=O) groups is 3. The Labute approximate surface area is 110 Å². The number of nitrogens with zero attached hydrogens (tertiary/aromatic N) is 2. The van der Waals surface area contributed by atoms with Gasteiger partial charge in [-0.3, -0.25) is 29.7 Å². The summed E-state index contributed by atoms with van der Waals surface area (Å²) in [6.07, 6.45) is 4.78. The minimum atomic E-state index is -0.716. The number of carbonyl (C=O) groups excluding carboxylic acids is 3. The van der Waals surface area contributed by atoms with Gasteiger partial charge in [-0.15, -0.1) is 0 Å². The monoisotopic (exact) mass is 264 g/mol. The van der Waals surface area contributed by atoms with Gasteiger partial charge in [0.05, 0.1) is 6.20 Å². The van der Waals surface area contributed by atoms with Crippen molar-refractivity contribution in [1.82, 2.24) is 10.6 Å². The van der Waals surface area contributed by atoms with Gasteiger partial charge in [0.25, 0.3) is 5.91 Å². The minimum Gasteiger partial charge on any atom is -0.339 e. The van der Waals surface area contributed by atoms with E-state index in [-0.39, 0.29) is 24.4 Å². The number of rotatable bonds is 4. The highest BCUT2D eigenvalue weighted by molar-refractivity contribution is 6.03. The van der Waals surface area contributed by atoms with E-state index in [0.717, 1.165) is 0 Å². The molecule has 1 heterocycles. The van der Waals surface area contributed by atoms with Gasteiger partial charge in [0.2, 0.25) is 11.8 Å². The summed E-state index contributed by atoms with van der Waals surface area (Å²) in [7, 11) is 0. The molecule has 0 aliphatic carbocycles. The fourth-order valence-corrected chi connectivity index (χ4v) is 1.50. The molecule has 2 N–H and O–H groups in total. The molecule has 3 amide bonds. The van der Waals surface area contributed by atoms with Crippen LogP contribution in [0.4, 0.5) is 0 Å². The maximum atomic E-state index is 11.9. The molecule has 1 aliphatic heterocycles. The lowest BCUT2D eigenvalue weighted by molar-refractivity contribution is -0.136. The summed E-state index contributed by atoms with van der Waals surface area (Å²) in [6.45, 7) is 3.38. The Morgan fingerprint density at radius 1 is 1.37 bits per heavy atom.